The van der Waals surface area contributed by atoms with Crippen molar-refractivity contribution >= 4 is 17.6 Å². The van der Waals surface area contributed by atoms with Crippen LogP contribution in [-0.4, -0.2) is 31.8 Å². The van der Waals surface area contributed by atoms with Gasteiger partial charge in [0.2, 0.25) is 0 Å². The van der Waals surface area contributed by atoms with Crippen molar-refractivity contribution in [2.24, 2.45) is 0 Å². The molecule has 1 atom stereocenters. The third-order valence-electron chi connectivity index (χ3n) is 3.08. The van der Waals surface area contributed by atoms with Crippen molar-refractivity contribution in [2.75, 3.05) is 19.8 Å². The molecule has 0 bridgehead atoms. The van der Waals surface area contributed by atoms with Crippen LogP contribution >= 0.6 is 11.6 Å². The number of amides is 2. The van der Waals surface area contributed by atoms with Gasteiger partial charge in [0, 0.05) is 18.2 Å². The quantitative estimate of drug-likeness (QED) is 0.891. The molecule has 1 unspecified atom stereocenters. The normalized spacial score (nSPS) is 18.9. The lowest BCUT2D eigenvalue weighted by Crippen LogP contribution is -2.46. The maximum absolute atomic E-state index is 11.7. The lowest BCUT2D eigenvalue weighted by molar-refractivity contribution is 0.0732. The molecule has 0 aliphatic carbocycles. The zero-order valence-corrected chi connectivity index (χ0v) is 11.6. The highest BCUT2D eigenvalue weighted by Crippen LogP contribution is 2.10. The highest BCUT2D eigenvalue weighted by molar-refractivity contribution is 6.30. The van der Waals surface area contributed by atoms with Crippen molar-refractivity contribution in [3.05, 3.63) is 34.9 Å². The summed E-state index contributed by atoms with van der Waals surface area (Å²) in [5, 5.41) is 6.49. The molecule has 5 heteroatoms. The largest absolute Gasteiger partial charge is 0.379 e. The lowest BCUT2D eigenvalue weighted by Gasteiger charge is -2.23. The fourth-order valence-electron chi connectivity index (χ4n) is 2.10. The van der Waals surface area contributed by atoms with Gasteiger partial charge in [0.15, 0.2) is 0 Å². The summed E-state index contributed by atoms with van der Waals surface area (Å²) in [5.41, 5.74) is 1.12. The lowest BCUT2D eigenvalue weighted by atomic mass is 10.1. The number of nitrogens with one attached hydrogen (secondary N) is 2. The monoisotopic (exact) mass is 282 g/mol. The van der Waals surface area contributed by atoms with Gasteiger partial charge in [-0.05, 0) is 37.0 Å². The first-order valence-corrected chi connectivity index (χ1v) is 6.98. The Bertz CT molecular complexity index is 420. The summed E-state index contributed by atoms with van der Waals surface area (Å²) >= 11 is 5.90. The van der Waals surface area contributed by atoms with Crippen LogP contribution in [-0.2, 0) is 11.2 Å². The number of benzene rings is 1. The van der Waals surface area contributed by atoms with E-state index in [9.17, 15) is 4.79 Å². The highest BCUT2D eigenvalue weighted by atomic mass is 35.5. The second kappa shape index (κ2) is 7.36. The minimum atomic E-state index is -0.127. The van der Waals surface area contributed by atoms with Gasteiger partial charge >= 0.3 is 6.03 Å². The Morgan fingerprint density at radius 3 is 3.11 bits per heavy atom. The average Bonchev–Trinajstić information content (AvgIpc) is 2.40. The van der Waals surface area contributed by atoms with Crippen LogP contribution in [0.1, 0.15) is 18.4 Å². The number of ether oxygens (including phenoxy) is 1. The van der Waals surface area contributed by atoms with Gasteiger partial charge in [-0.15, -0.1) is 0 Å². The Labute approximate surface area is 118 Å². The molecule has 1 saturated heterocycles. The zero-order valence-electron chi connectivity index (χ0n) is 10.8. The Morgan fingerprint density at radius 2 is 2.37 bits per heavy atom. The maximum atomic E-state index is 11.7. The molecule has 2 amide bonds. The van der Waals surface area contributed by atoms with Crippen molar-refractivity contribution in [1.82, 2.24) is 10.6 Å². The third kappa shape index (κ3) is 5.09. The number of halogens is 1. The van der Waals surface area contributed by atoms with E-state index in [4.69, 9.17) is 16.3 Å². The van der Waals surface area contributed by atoms with Gasteiger partial charge < -0.3 is 15.4 Å². The maximum Gasteiger partial charge on any atom is 0.315 e. The number of carbonyl (C=O) groups excluding carboxylic acids is 1. The SMILES string of the molecule is O=C(NCCc1cccc(Cl)c1)NC1CCCOC1. The molecule has 0 aromatic heterocycles. The molecule has 1 heterocycles. The first-order chi connectivity index (χ1) is 9.24. The van der Waals surface area contributed by atoms with E-state index in [1.54, 1.807) is 0 Å². The van der Waals surface area contributed by atoms with E-state index in [1.165, 1.54) is 0 Å². The minimum Gasteiger partial charge on any atom is -0.379 e. The molecule has 1 aromatic carbocycles. The molecule has 19 heavy (non-hydrogen) atoms. The summed E-state index contributed by atoms with van der Waals surface area (Å²) in [5.74, 6) is 0. The molecule has 4 nitrogen and oxygen atoms in total. The predicted octanol–water partition coefficient (Wildman–Crippen LogP) is 2.36. The smallest absolute Gasteiger partial charge is 0.315 e. The first kappa shape index (κ1) is 14.2. The van der Waals surface area contributed by atoms with Crippen molar-refractivity contribution in [3.63, 3.8) is 0 Å². The molecular formula is C14H19ClN2O2. The van der Waals surface area contributed by atoms with Crippen LogP contribution in [0, 0.1) is 0 Å². The molecule has 1 aliphatic heterocycles. The molecule has 0 spiro atoms. The number of carbonyl (C=O) groups is 1. The average molecular weight is 283 g/mol. The molecule has 1 aromatic rings. The van der Waals surface area contributed by atoms with Gasteiger partial charge in [-0.1, -0.05) is 23.7 Å². The molecule has 1 fully saturated rings. The second-order valence-electron chi connectivity index (χ2n) is 4.69. The fourth-order valence-corrected chi connectivity index (χ4v) is 2.32. The molecule has 104 valence electrons. The van der Waals surface area contributed by atoms with Gasteiger partial charge in [-0.3, -0.25) is 0 Å². The van der Waals surface area contributed by atoms with E-state index in [2.05, 4.69) is 10.6 Å². The summed E-state index contributed by atoms with van der Waals surface area (Å²) in [6.07, 6.45) is 2.77. The summed E-state index contributed by atoms with van der Waals surface area (Å²) in [4.78, 5) is 11.7. The fraction of sp³-hybridized carbons (Fsp3) is 0.500. The van der Waals surface area contributed by atoms with Crippen LogP contribution in [0.25, 0.3) is 0 Å². The first-order valence-electron chi connectivity index (χ1n) is 6.60. The predicted molar refractivity (Wildman–Crippen MR) is 75.5 cm³/mol. The molecule has 0 saturated carbocycles. The van der Waals surface area contributed by atoms with Crippen LogP contribution < -0.4 is 10.6 Å². The van der Waals surface area contributed by atoms with Crippen molar-refractivity contribution in [1.29, 1.82) is 0 Å². The summed E-state index contributed by atoms with van der Waals surface area (Å²) in [7, 11) is 0. The number of hydrogen-bond acceptors (Lipinski definition) is 2. The summed E-state index contributed by atoms with van der Waals surface area (Å²) < 4.78 is 5.31. The van der Waals surface area contributed by atoms with Crippen LogP contribution in [0.4, 0.5) is 4.79 Å². The molecule has 1 aliphatic rings. The number of urea groups is 1. The summed E-state index contributed by atoms with van der Waals surface area (Å²) in [6, 6.07) is 7.68. The van der Waals surface area contributed by atoms with E-state index in [0.717, 1.165) is 36.5 Å². The van der Waals surface area contributed by atoms with E-state index in [-0.39, 0.29) is 12.1 Å². The molecule has 2 rings (SSSR count). The van der Waals surface area contributed by atoms with Crippen molar-refractivity contribution in [2.45, 2.75) is 25.3 Å². The van der Waals surface area contributed by atoms with E-state index in [0.29, 0.717) is 13.2 Å². The van der Waals surface area contributed by atoms with Crippen LogP contribution in [0.2, 0.25) is 5.02 Å². The van der Waals surface area contributed by atoms with Crippen LogP contribution in [0.15, 0.2) is 24.3 Å². The Hall–Kier alpha value is -1.26. The van der Waals surface area contributed by atoms with Crippen LogP contribution in [0.5, 0.6) is 0 Å². The Balaban J connectivity index is 1.66. The zero-order chi connectivity index (χ0) is 13.5. The standard InChI is InChI=1S/C14H19ClN2O2/c15-12-4-1-3-11(9-12)6-7-16-14(18)17-13-5-2-8-19-10-13/h1,3-4,9,13H,2,5-8,10H2,(H2,16,17,18). The third-order valence-corrected chi connectivity index (χ3v) is 3.32. The second-order valence-corrected chi connectivity index (χ2v) is 5.13. The Kier molecular flexibility index (Phi) is 5.48. The van der Waals surface area contributed by atoms with Crippen LogP contribution in [0.3, 0.4) is 0 Å². The van der Waals surface area contributed by atoms with Gasteiger partial charge in [0.05, 0.1) is 12.6 Å². The number of rotatable bonds is 4. The van der Waals surface area contributed by atoms with Gasteiger partial charge in [-0.25, -0.2) is 4.79 Å². The van der Waals surface area contributed by atoms with Crippen molar-refractivity contribution < 1.29 is 9.53 Å². The molecular weight excluding hydrogens is 264 g/mol. The minimum absolute atomic E-state index is 0.127. The van der Waals surface area contributed by atoms with E-state index in [1.807, 2.05) is 24.3 Å². The van der Waals surface area contributed by atoms with Crippen molar-refractivity contribution in [3.8, 4) is 0 Å². The Morgan fingerprint density at radius 1 is 1.47 bits per heavy atom. The molecule has 2 N–H and O–H groups in total. The van der Waals surface area contributed by atoms with Gasteiger partial charge in [0.25, 0.3) is 0 Å². The summed E-state index contributed by atoms with van der Waals surface area (Å²) in [6.45, 7) is 2.01. The number of hydrogen-bond donors (Lipinski definition) is 2. The highest BCUT2D eigenvalue weighted by Gasteiger charge is 2.15. The topological polar surface area (TPSA) is 50.4 Å². The van der Waals surface area contributed by atoms with E-state index >= 15 is 0 Å². The van der Waals surface area contributed by atoms with E-state index < -0.39 is 0 Å². The molecule has 0 radical (unpaired) electrons. The van der Waals surface area contributed by atoms with Gasteiger partial charge in [0.1, 0.15) is 0 Å². The van der Waals surface area contributed by atoms with Gasteiger partial charge in [-0.2, -0.15) is 0 Å².